The summed E-state index contributed by atoms with van der Waals surface area (Å²) in [5.41, 5.74) is 9.56. The Kier molecular flexibility index (Phi) is 24.7. The summed E-state index contributed by atoms with van der Waals surface area (Å²) >= 11 is 1.55. The highest BCUT2D eigenvalue weighted by Gasteiger charge is 2.47. The molecule has 6 aromatic rings. The third-order valence-electron chi connectivity index (χ3n) is 18.4. The summed E-state index contributed by atoms with van der Waals surface area (Å²) < 4.78 is 11.8. The van der Waals surface area contributed by atoms with Gasteiger partial charge in [0.15, 0.2) is 0 Å². The number of unbranched alkanes of at least 4 members (excludes halogenated alkanes) is 6. The van der Waals surface area contributed by atoms with E-state index in [2.05, 4.69) is 36.6 Å². The minimum absolute atomic E-state index is 0.0424. The number of nitrogens with two attached hydrogens (primary N) is 1. The molecule has 3 fully saturated rings. The number of aryl methyl sites for hydroxylation is 1. The van der Waals surface area contributed by atoms with Crippen LogP contribution < -0.4 is 32.3 Å². The van der Waals surface area contributed by atoms with Gasteiger partial charge in [0.2, 0.25) is 47.3 Å². The molecule has 0 spiro atoms. The highest BCUT2D eigenvalue weighted by Crippen LogP contribution is 2.40. The highest BCUT2D eigenvalue weighted by molar-refractivity contribution is 7.70. The molecule has 9 rings (SSSR count). The van der Waals surface area contributed by atoms with Crippen molar-refractivity contribution in [2.45, 2.75) is 179 Å². The molecule has 0 radical (unpaired) electrons. The SMILES string of the molecule is Cc1ncsc1-c1ccc(CNC(=O)[C@@H]2C[C@@H](O)CN2C(=O)[C@@H](NC(=O)CCCCCCCCCC(=O)N2CC[C@H]3CC[C@@H](C(=O)N[C@@H](CCC(N)=O)C(=O)NC(c4ccccc4)c4ccccc4)N3C(=O)[C@@H](NC(=O)c3cc4cc(C(=O)P(=O)(O)O)ccc4[nH]3)C2)C(C)(C)C)cc1. The van der Waals surface area contributed by atoms with E-state index in [9.17, 15) is 62.6 Å². The number of nitrogens with zero attached hydrogens (tertiary/aromatic N) is 4. The molecule has 4 aromatic carbocycles. The number of aromatic nitrogens is 2. The fourth-order valence-electron chi connectivity index (χ4n) is 13.1. The first-order valence-corrected chi connectivity index (χ1v) is 35.9. The summed E-state index contributed by atoms with van der Waals surface area (Å²) in [6.07, 6.45) is 4.80. The minimum Gasteiger partial charge on any atom is -0.391 e. The normalized spacial score (nSPS) is 18.7. The van der Waals surface area contributed by atoms with Crippen LogP contribution in [0.3, 0.4) is 0 Å². The first-order chi connectivity index (χ1) is 46.7. The second-order valence-corrected chi connectivity index (χ2v) is 29.1. The smallest absolute Gasteiger partial charge is 0.391 e. The molecule has 3 aliphatic heterocycles. The fourth-order valence-corrected chi connectivity index (χ4v) is 14.4. The van der Waals surface area contributed by atoms with E-state index in [0.717, 1.165) is 58.5 Å². The predicted molar refractivity (Wildman–Crippen MR) is 367 cm³/mol. The number of rotatable bonds is 29. The minimum atomic E-state index is -5.14. The number of fused-ring (bicyclic) bond motifs is 2. The molecule has 0 saturated carbocycles. The van der Waals surface area contributed by atoms with Gasteiger partial charge in [0.1, 0.15) is 35.9 Å². The highest BCUT2D eigenvalue weighted by atomic mass is 32.1. The van der Waals surface area contributed by atoms with Crippen LogP contribution in [0.15, 0.2) is 115 Å². The second-order valence-electron chi connectivity index (χ2n) is 26.7. The van der Waals surface area contributed by atoms with Crippen LogP contribution in [0.5, 0.6) is 0 Å². The number of nitrogens with one attached hydrogen (secondary N) is 6. The van der Waals surface area contributed by atoms with Crippen LogP contribution in [-0.2, 0) is 49.5 Å². The Bertz CT molecular complexity index is 3870. The summed E-state index contributed by atoms with van der Waals surface area (Å²) in [5, 5.41) is 25.5. The lowest BCUT2D eigenvalue weighted by Crippen LogP contribution is -2.62. The van der Waals surface area contributed by atoms with Crippen molar-refractivity contribution in [1.29, 1.82) is 0 Å². The quantitative estimate of drug-likeness (QED) is 0.0175. The Morgan fingerprint density at radius 2 is 1.41 bits per heavy atom. The van der Waals surface area contributed by atoms with Gasteiger partial charge in [-0.05, 0) is 97.4 Å². The zero-order valence-corrected chi connectivity index (χ0v) is 57.3. The first-order valence-electron chi connectivity index (χ1n) is 33.4. The second kappa shape index (κ2) is 33.1. The van der Waals surface area contributed by atoms with Crippen LogP contribution in [0.2, 0.25) is 0 Å². The molecular formula is C71H88N11O14PS. The topological polar surface area (TPSA) is 373 Å². The Morgan fingerprint density at radius 3 is 2.03 bits per heavy atom. The van der Waals surface area contributed by atoms with E-state index in [-0.39, 0.29) is 93.2 Å². The molecule has 0 unspecified atom stereocenters. The molecular weight excluding hydrogens is 1290 g/mol. The van der Waals surface area contributed by atoms with Crippen molar-refractivity contribution in [3.8, 4) is 10.4 Å². The summed E-state index contributed by atoms with van der Waals surface area (Å²) in [4.78, 5) is 170. The maximum atomic E-state index is 15.1. The number of H-pyrrole nitrogens is 1. The van der Waals surface area contributed by atoms with Crippen LogP contribution in [0.4, 0.5) is 0 Å². The van der Waals surface area contributed by atoms with Crippen LogP contribution >= 0.6 is 18.9 Å². The van der Waals surface area contributed by atoms with Gasteiger partial charge in [-0.25, -0.2) is 4.98 Å². The molecule has 98 heavy (non-hydrogen) atoms. The van der Waals surface area contributed by atoms with E-state index in [4.69, 9.17) is 5.73 Å². The molecule has 0 bridgehead atoms. The number of carbonyl (C=O) groups excluding carboxylic acids is 10. The van der Waals surface area contributed by atoms with E-state index in [1.165, 1.54) is 34.1 Å². The number of benzene rings is 4. The van der Waals surface area contributed by atoms with E-state index in [1.54, 1.807) is 21.7 Å². The molecule has 11 N–H and O–H groups in total. The van der Waals surface area contributed by atoms with E-state index < -0.39 is 108 Å². The number of likely N-dealkylation sites (tertiary alicyclic amines) is 1. The van der Waals surface area contributed by atoms with Crippen molar-refractivity contribution >= 4 is 88.5 Å². The zero-order chi connectivity index (χ0) is 70.4. The molecule has 27 heteroatoms. The van der Waals surface area contributed by atoms with Crippen molar-refractivity contribution in [2.24, 2.45) is 11.1 Å². The lowest BCUT2D eigenvalue weighted by atomic mass is 9.85. The van der Waals surface area contributed by atoms with E-state index in [0.29, 0.717) is 37.6 Å². The van der Waals surface area contributed by atoms with Gasteiger partial charge in [-0.2, -0.15) is 0 Å². The monoisotopic (exact) mass is 1380 g/mol. The number of carbonyl (C=O) groups is 10. The van der Waals surface area contributed by atoms with Crippen LogP contribution in [0, 0.1) is 12.3 Å². The number of amides is 9. The van der Waals surface area contributed by atoms with Gasteiger partial charge in [-0.15, -0.1) is 11.3 Å². The largest absolute Gasteiger partial charge is 0.396 e. The summed E-state index contributed by atoms with van der Waals surface area (Å²) in [5.74, 6) is -4.81. The number of β-amino-alcohol motifs (C(OH)–C–C–N with tert-alkyl or cyclic N) is 1. The summed E-state index contributed by atoms with van der Waals surface area (Å²) in [6, 6.07) is 24.5. The van der Waals surface area contributed by atoms with Crippen LogP contribution in [-0.4, -0.2) is 160 Å². The lowest BCUT2D eigenvalue weighted by molar-refractivity contribution is -0.145. The zero-order valence-electron chi connectivity index (χ0n) is 55.6. The number of aromatic amines is 1. The first kappa shape index (κ1) is 73.3. The van der Waals surface area contributed by atoms with Gasteiger partial charge in [-0.3, -0.25) is 52.5 Å². The Morgan fingerprint density at radius 1 is 0.755 bits per heavy atom. The van der Waals surface area contributed by atoms with Gasteiger partial charge < -0.3 is 66.9 Å². The Balaban J connectivity index is 0.781. The Labute approximate surface area is 573 Å². The molecule has 25 nitrogen and oxygen atoms in total. The fraction of sp³-hybridized carbons (Fsp3) is 0.451. The molecule has 3 saturated heterocycles. The van der Waals surface area contributed by atoms with Crippen molar-refractivity contribution in [1.82, 2.24) is 51.3 Å². The average molecular weight is 1380 g/mol. The number of hydrogen-bond donors (Lipinski definition) is 10. The predicted octanol–water partition coefficient (Wildman–Crippen LogP) is 6.58. The van der Waals surface area contributed by atoms with Crippen LogP contribution in [0.1, 0.15) is 166 Å². The van der Waals surface area contributed by atoms with Crippen molar-refractivity contribution in [2.75, 3.05) is 19.6 Å². The third kappa shape index (κ3) is 19.0. The average Bonchev–Trinajstić information content (AvgIpc) is 1.61. The molecule has 7 atom stereocenters. The number of aliphatic hydroxyl groups is 1. The number of aliphatic hydroxyl groups excluding tert-OH is 1. The molecule has 3 aliphatic rings. The molecule has 2 aromatic heterocycles. The maximum absolute atomic E-state index is 15.1. The molecule has 522 valence electrons. The van der Waals surface area contributed by atoms with Crippen molar-refractivity contribution in [3.63, 3.8) is 0 Å². The maximum Gasteiger partial charge on any atom is 0.396 e. The number of hydrogen-bond acceptors (Lipinski definition) is 14. The third-order valence-corrected chi connectivity index (χ3v) is 20.2. The van der Waals surface area contributed by atoms with Crippen LogP contribution in [0.25, 0.3) is 21.3 Å². The van der Waals surface area contributed by atoms with Gasteiger partial charge in [0, 0.05) is 74.4 Å². The van der Waals surface area contributed by atoms with Gasteiger partial charge in [0.25, 0.3) is 11.4 Å². The summed E-state index contributed by atoms with van der Waals surface area (Å²) in [6.45, 7) is 7.55. The van der Waals surface area contributed by atoms with Gasteiger partial charge in [-0.1, -0.05) is 138 Å². The lowest BCUT2D eigenvalue weighted by Gasteiger charge is -2.39. The van der Waals surface area contributed by atoms with Gasteiger partial charge >= 0.3 is 7.60 Å². The summed E-state index contributed by atoms with van der Waals surface area (Å²) in [7, 11) is -5.14. The molecule has 5 heterocycles. The molecule has 0 aliphatic carbocycles. The van der Waals surface area contributed by atoms with Gasteiger partial charge in [0.05, 0.1) is 28.2 Å². The van der Waals surface area contributed by atoms with Crippen molar-refractivity contribution < 1.29 is 67.4 Å². The van der Waals surface area contributed by atoms with E-state index >= 15 is 4.79 Å². The number of primary amides is 1. The van der Waals surface area contributed by atoms with E-state index in [1.807, 2.05) is 113 Å². The number of thiazole rings is 1. The van der Waals surface area contributed by atoms with Crippen molar-refractivity contribution in [3.05, 3.63) is 148 Å². The Hall–Kier alpha value is -8.94. The molecule has 9 amide bonds. The standard InChI is InChI=1S/C71H88N11O14PS/c1-43-62(98-42-74-43)47-26-24-44(25-27-47)39-73-66(89)57-38-51(83)40-81(57)69(92)63(71(2,3)4)78-59(85)22-16-8-6-5-7-9-17-23-60(86)80-35-34-50-29-32-56(67(90)76-53(31-33-58(72)84)64(87)79-61(45-18-12-10-13-19-45)46-20-14-11-15-21-46)82(50)68(91)55(41-80)77-65(88)54-37-49-36-48(28-30-52(49)75-54)70(93)97(94,95)96/h10-15,18-21,24-28,30,36-37,42,50-51,53,55-57,61,63,75,83H,5-9,16-17,22-23,29,31-35,38-41H2,1-4H3,(H2,72,84)(H,73,89)(H,76,90)(H,77,88)(H,78,85)(H,79,87)(H2,94,95,96)/t50-,51-,53+,55+,56+,57+,63-/m1/s1.